The lowest BCUT2D eigenvalue weighted by atomic mass is 9.96. The molecule has 0 unspecified atom stereocenters. The van der Waals surface area contributed by atoms with Gasteiger partial charge in [-0.1, -0.05) is 73.7 Å². The molecular weight excluding hydrogens is 361 g/mol. The van der Waals surface area contributed by atoms with E-state index >= 15 is 0 Å². The minimum atomic E-state index is -0.169. The first kappa shape index (κ1) is 22.8. The molecule has 0 aromatic heterocycles. The number of halogens is 1. The second kappa shape index (κ2) is 13.6. The highest BCUT2D eigenvalue weighted by Crippen LogP contribution is 2.25. The van der Waals surface area contributed by atoms with E-state index in [0.29, 0.717) is 0 Å². The van der Waals surface area contributed by atoms with Crippen LogP contribution < -0.4 is 5.32 Å². The third kappa shape index (κ3) is 8.59. The van der Waals surface area contributed by atoms with Gasteiger partial charge in [0.1, 0.15) is 5.82 Å². The molecule has 0 saturated carbocycles. The first-order valence-electron chi connectivity index (χ1n) is 10.3. The zero-order chi connectivity index (χ0) is 20.7. The SMILES string of the molecule is CCc1ccccc1.COCCNCCCc1cc(F)ccc1-c1ccccc1. The molecule has 0 heterocycles. The van der Waals surface area contributed by atoms with E-state index in [2.05, 4.69) is 48.6 Å². The number of aryl methyl sites for hydroxylation is 2. The summed E-state index contributed by atoms with van der Waals surface area (Å²) in [6.07, 6.45) is 2.98. The molecule has 154 valence electrons. The molecule has 3 rings (SSSR count). The van der Waals surface area contributed by atoms with Gasteiger partial charge >= 0.3 is 0 Å². The monoisotopic (exact) mass is 393 g/mol. The van der Waals surface area contributed by atoms with E-state index in [1.54, 1.807) is 13.2 Å². The Morgan fingerprint density at radius 3 is 2.17 bits per heavy atom. The molecule has 3 aromatic rings. The molecule has 0 bridgehead atoms. The van der Waals surface area contributed by atoms with E-state index in [4.69, 9.17) is 4.74 Å². The highest BCUT2D eigenvalue weighted by molar-refractivity contribution is 5.67. The Morgan fingerprint density at radius 1 is 0.862 bits per heavy atom. The molecule has 0 aliphatic rings. The van der Waals surface area contributed by atoms with Crippen LogP contribution in [0.4, 0.5) is 4.39 Å². The molecule has 0 fully saturated rings. The van der Waals surface area contributed by atoms with Gasteiger partial charge in [-0.2, -0.15) is 0 Å². The van der Waals surface area contributed by atoms with Gasteiger partial charge in [0.15, 0.2) is 0 Å². The largest absolute Gasteiger partial charge is 0.383 e. The topological polar surface area (TPSA) is 21.3 Å². The van der Waals surface area contributed by atoms with E-state index < -0.39 is 0 Å². The van der Waals surface area contributed by atoms with Crippen molar-refractivity contribution in [3.05, 3.63) is 95.8 Å². The van der Waals surface area contributed by atoms with Gasteiger partial charge in [0, 0.05) is 13.7 Å². The summed E-state index contributed by atoms with van der Waals surface area (Å²) in [6, 6.07) is 25.6. The lowest BCUT2D eigenvalue weighted by Gasteiger charge is -2.10. The summed E-state index contributed by atoms with van der Waals surface area (Å²) >= 11 is 0. The van der Waals surface area contributed by atoms with Crippen molar-refractivity contribution in [2.24, 2.45) is 0 Å². The van der Waals surface area contributed by atoms with E-state index in [1.807, 2.05) is 30.3 Å². The molecule has 0 atom stereocenters. The molecular formula is C26H32FNO. The van der Waals surface area contributed by atoms with Crippen molar-refractivity contribution < 1.29 is 9.13 Å². The second-order valence-electron chi connectivity index (χ2n) is 6.85. The maximum atomic E-state index is 13.5. The van der Waals surface area contributed by atoms with Crippen LogP contribution in [0.25, 0.3) is 11.1 Å². The zero-order valence-electron chi connectivity index (χ0n) is 17.5. The summed E-state index contributed by atoms with van der Waals surface area (Å²) in [6.45, 7) is 4.64. The van der Waals surface area contributed by atoms with E-state index in [0.717, 1.165) is 55.6 Å². The normalized spacial score (nSPS) is 10.3. The van der Waals surface area contributed by atoms with Crippen molar-refractivity contribution >= 4 is 0 Å². The molecule has 0 aliphatic carbocycles. The molecule has 1 N–H and O–H groups in total. The minimum Gasteiger partial charge on any atom is -0.383 e. The van der Waals surface area contributed by atoms with E-state index in [1.165, 1.54) is 11.6 Å². The fourth-order valence-electron chi connectivity index (χ4n) is 3.09. The van der Waals surface area contributed by atoms with Crippen molar-refractivity contribution in [2.45, 2.75) is 26.2 Å². The van der Waals surface area contributed by atoms with Gasteiger partial charge in [-0.25, -0.2) is 4.39 Å². The van der Waals surface area contributed by atoms with Crippen LogP contribution in [0.15, 0.2) is 78.9 Å². The number of hydrogen-bond acceptors (Lipinski definition) is 2. The number of methoxy groups -OCH3 is 1. The molecule has 2 nitrogen and oxygen atoms in total. The van der Waals surface area contributed by atoms with Crippen LogP contribution in [-0.2, 0) is 17.6 Å². The van der Waals surface area contributed by atoms with Crippen LogP contribution in [0.5, 0.6) is 0 Å². The fourth-order valence-corrected chi connectivity index (χ4v) is 3.09. The first-order valence-corrected chi connectivity index (χ1v) is 10.3. The Labute approximate surface area is 174 Å². The lowest BCUT2D eigenvalue weighted by Crippen LogP contribution is -2.20. The summed E-state index contributed by atoms with van der Waals surface area (Å²) in [4.78, 5) is 0. The summed E-state index contributed by atoms with van der Waals surface area (Å²) < 4.78 is 18.5. The summed E-state index contributed by atoms with van der Waals surface area (Å²) in [5.74, 6) is -0.169. The van der Waals surface area contributed by atoms with Crippen LogP contribution in [0.3, 0.4) is 0 Å². The third-order valence-electron chi connectivity index (χ3n) is 4.69. The first-order chi connectivity index (χ1) is 14.2. The molecule has 3 heteroatoms. The number of benzene rings is 3. The van der Waals surface area contributed by atoms with Gasteiger partial charge in [-0.05, 0) is 60.2 Å². The maximum Gasteiger partial charge on any atom is 0.123 e. The summed E-state index contributed by atoms with van der Waals surface area (Å²) in [5.41, 5.74) is 4.73. The average Bonchev–Trinajstić information content (AvgIpc) is 2.78. The van der Waals surface area contributed by atoms with Gasteiger partial charge in [-0.3, -0.25) is 0 Å². The number of ether oxygens (including phenoxy) is 1. The number of nitrogens with one attached hydrogen (secondary N) is 1. The Balaban J connectivity index is 0.000000313. The second-order valence-corrected chi connectivity index (χ2v) is 6.85. The smallest absolute Gasteiger partial charge is 0.123 e. The highest BCUT2D eigenvalue weighted by Gasteiger charge is 2.06. The van der Waals surface area contributed by atoms with Crippen LogP contribution in [0, 0.1) is 5.82 Å². The van der Waals surface area contributed by atoms with Crippen molar-refractivity contribution in [1.29, 1.82) is 0 Å². The molecule has 0 radical (unpaired) electrons. The third-order valence-corrected chi connectivity index (χ3v) is 4.69. The number of hydrogen-bond donors (Lipinski definition) is 1. The zero-order valence-corrected chi connectivity index (χ0v) is 17.5. The highest BCUT2D eigenvalue weighted by atomic mass is 19.1. The molecule has 0 saturated heterocycles. The van der Waals surface area contributed by atoms with Crippen LogP contribution >= 0.6 is 0 Å². The summed E-state index contributed by atoms with van der Waals surface area (Å²) in [7, 11) is 1.70. The quantitative estimate of drug-likeness (QED) is 0.456. The van der Waals surface area contributed by atoms with Crippen LogP contribution in [-0.4, -0.2) is 26.8 Å². The number of rotatable bonds is 9. The van der Waals surface area contributed by atoms with E-state index in [9.17, 15) is 4.39 Å². The fraction of sp³-hybridized carbons (Fsp3) is 0.308. The standard InChI is InChI=1S/C18H22FNO.C8H10/c1-21-13-12-20-11-5-8-16-14-17(19)9-10-18(16)15-6-3-2-4-7-15;1-2-8-6-4-3-5-7-8/h2-4,6-7,9-10,14,20H,5,8,11-13H2,1H3;3-7H,2H2,1H3. The van der Waals surface area contributed by atoms with Crippen molar-refractivity contribution in [2.75, 3.05) is 26.8 Å². The minimum absolute atomic E-state index is 0.169. The van der Waals surface area contributed by atoms with Crippen LogP contribution in [0.2, 0.25) is 0 Å². The van der Waals surface area contributed by atoms with Crippen molar-refractivity contribution in [3.63, 3.8) is 0 Å². The Morgan fingerprint density at radius 2 is 1.55 bits per heavy atom. The van der Waals surface area contributed by atoms with Crippen LogP contribution in [0.1, 0.15) is 24.5 Å². The molecule has 29 heavy (non-hydrogen) atoms. The van der Waals surface area contributed by atoms with Gasteiger partial charge in [0.2, 0.25) is 0 Å². The Hall–Kier alpha value is -2.49. The predicted octanol–water partition coefficient (Wildman–Crippen LogP) is 5.91. The van der Waals surface area contributed by atoms with Crippen molar-refractivity contribution in [1.82, 2.24) is 5.32 Å². The maximum absolute atomic E-state index is 13.5. The molecule has 0 aliphatic heterocycles. The molecule has 3 aromatic carbocycles. The summed E-state index contributed by atoms with van der Waals surface area (Å²) in [5, 5.41) is 3.31. The van der Waals surface area contributed by atoms with E-state index in [-0.39, 0.29) is 5.82 Å². The Kier molecular flexibility index (Phi) is 10.7. The molecule has 0 spiro atoms. The Bertz CT molecular complexity index is 805. The van der Waals surface area contributed by atoms with Gasteiger partial charge in [0.05, 0.1) is 6.61 Å². The predicted molar refractivity (Wildman–Crippen MR) is 121 cm³/mol. The van der Waals surface area contributed by atoms with Gasteiger partial charge in [-0.15, -0.1) is 0 Å². The van der Waals surface area contributed by atoms with Crippen molar-refractivity contribution in [3.8, 4) is 11.1 Å². The molecule has 0 amide bonds. The average molecular weight is 394 g/mol. The van der Waals surface area contributed by atoms with Gasteiger partial charge in [0.25, 0.3) is 0 Å². The lowest BCUT2D eigenvalue weighted by molar-refractivity contribution is 0.199. The van der Waals surface area contributed by atoms with Gasteiger partial charge < -0.3 is 10.1 Å².